The number of carbonyl (C=O) groups excluding carboxylic acids is 2. The second-order valence-electron chi connectivity index (χ2n) is 6.74. The average molecular weight is 372 g/mol. The van der Waals surface area contributed by atoms with Crippen molar-refractivity contribution in [2.45, 2.75) is 25.3 Å². The Labute approximate surface area is 156 Å². The molecule has 0 spiro atoms. The van der Waals surface area contributed by atoms with Crippen LogP contribution in [0.3, 0.4) is 0 Å². The summed E-state index contributed by atoms with van der Waals surface area (Å²) in [5, 5.41) is 1.14. The highest BCUT2D eigenvalue weighted by Crippen LogP contribution is 2.18. The Balaban J connectivity index is 1.74. The molecule has 1 aliphatic rings. The van der Waals surface area contributed by atoms with E-state index < -0.39 is 0 Å². The first-order valence-electron chi connectivity index (χ1n) is 8.90. The molecule has 0 aliphatic carbocycles. The van der Waals surface area contributed by atoms with Crippen LogP contribution < -0.4 is 5.30 Å². The Bertz CT molecular complexity index is 759. The minimum absolute atomic E-state index is 0.0853. The second-order valence-corrected chi connectivity index (χ2v) is 7.41. The van der Waals surface area contributed by atoms with E-state index >= 15 is 0 Å². The summed E-state index contributed by atoms with van der Waals surface area (Å²) in [5.41, 5.74) is 1.19. The van der Waals surface area contributed by atoms with Gasteiger partial charge in [-0.05, 0) is 30.1 Å². The lowest BCUT2D eigenvalue weighted by Gasteiger charge is -2.29. The zero-order valence-electron chi connectivity index (χ0n) is 15.0. The number of hydrogen-bond acceptors (Lipinski definition) is 3. The molecule has 6 nitrogen and oxygen atoms in total. The molecule has 138 valence electrons. The maximum atomic E-state index is 13.0. The SMILES string of the molecule is Cn1ccnc1C(=O)N(CCc1ccc(P)cc1)CC1CCCN1C=O. The maximum Gasteiger partial charge on any atom is 0.289 e. The summed E-state index contributed by atoms with van der Waals surface area (Å²) in [7, 11) is 4.50. The Kier molecular flexibility index (Phi) is 6.04. The van der Waals surface area contributed by atoms with E-state index in [4.69, 9.17) is 0 Å². The van der Waals surface area contributed by atoms with E-state index in [0.717, 1.165) is 37.5 Å². The van der Waals surface area contributed by atoms with Gasteiger partial charge in [-0.2, -0.15) is 0 Å². The van der Waals surface area contributed by atoms with E-state index in [1.165, 1.54) is 5.56 Å². The van der Waals surface area contributed by atoms with E-state index in [-0.39, 0.29) is 11.9 Å². The summed E-state index contributed by atoms with van der Waals surface area (Å²) in [5.74, 6) is 0.346. The van der Waals surface area contributed by atoms with E-state index in [1.807, 2.05) is 16.8 Å². The van der Waals surface area contributed by atoms with Crippen molar-refractivity contribution in [3.8, 4) is 0 Å². The van der Waals surface area contributed by atoms with Crippen LogP contribution in [0.1, 0.15) is 29.0 Å². The third-order valence-corrected chi connectivity index (χ3v) is 5.32. The zero-order chi connectivity index (χ0) is 18.5. The van der Waals surface area contributed by atoms with E-state index in [9.17, 15) is 9.59 Å². The standard InChI is InChI=1S/C19H25N4O2P/c1-21-12-9-20-18(21)19(25)22(13-16-3-2-10-23(16)14-24)11-8-15-4-6-17(26)7-5-15/h4-7,9,12,14,16H,2-3,8,10-11,13,26H2,1H3. The molecule has 3 rings (SSSR count). The van der Waals surface area contributed by atoms with Crippen LogP contribution in [0.4, 0.5) is 0 Å². The molecule has 0 N–H and O–H groups in total. The van der Waals surface area contributed by atoms with E-state index in [2.05, 4.69) is 38.5 Å². The van der Waals surface area contributed by atoms with Gasteiger partial charge in [0.2, 0.25) is 6.41 Å². The van der Waals surface area contributed by atoms with Crippen molar-refractivity contribution >= 4 is 26.9 Å². The average Bonchev–Trinajstić information content (AvgIpc) is 3.27. The van der Waals surface area contributed by atoms with Gasteiger partial charge in [-0.15, -0.1) is 9.24 Å². The molecule has 1 saturated heterocycles. The fourth-order valence-corrected chi connectivity index (χ4v) is 3.58. The van der Waals surface area contributed by atoms with Crippen LogP contribution >= 0.6 is 9.24 Å². The third-order valence-electron chi connectivity index (χ3n) is 4.94. The van der Waals surface area contributed by atoms with Crippen LogP contribution in [-0.4, -0.2) is 57.3 Å². The number of hydrogen-bond donors (Lipinski definition) is 0. The summed E-state index contributed by atoms with van der Waals surface area (Å²) < 4.78 is 1.74. The molecule has 0 bridgehead atoms. The summed E-state index contributed by atoms with van der Waals surface area (Å²) in [4.78, 5) is 32.1. The lowest BCUT2D eigenvalue weighted by atomic mass is 10.1. The first kappa shape index (κ1) is 18.6. The number of rotatable bonds is 7. The Hall–Kier alpha value is -2.20. The van der Waals surface area contributed by atoms with Gasteiger partial charge < -0.3 is 14.4 Å². The summed E-state index contributed by atoms with van der Waals surface area (Å²) >= 11 is 0. The highest BCUT2D eigenvalue weighted by Gasteiger charge is 2.28. The first-order valence-corrected chi connectivity index (χ1v) is 9.48. The van der Waals surface area contributed by atoms with Crippen LogP contribution in [0.15, 0.2) is 36.7 Å². The predicted octanol–water partition coefficient (Wildman–Crippen LogP) is 1.23. The molecule has 1 fully saturated rings. The molecule has 1 aromatic carbocycles. The molecule has 2 amide bonds. The smallest absolute Gasteiger partial charge is 0.289 e. The van der Waals surface area contributed by atoms with Crippen LogP contribution in [0.25, 0.3) is 0 Å². The number of carbonyl (C=O) groups is 2. The van der Waals surface area contributed by atoms with E-state index in [0.29, 0.717) is 18.9 Å². The second kappa shape index (κ2) is 8.45. The molecule has 26 heavy (non-hydrogen) atoms. The lowest BCUT2D eigenvalue weighted by molar-refractivity contribution is -0.119. The van der Waals surface area contributed by atoms with E-state index in [1.54, 1.807) is 17.0 Å². The molecule has 1 aromatic heterocycles. The zero-order valence-corrected chi connectivity index (χ0v) is 16.2. The van der Waals surface area contributed by atoms with Gasteiger partial charge in [-0.1, -0.05) is 24.3 Å². The number of aryl methyl sites for hydroxylation is 1. The minimum Gasteiger partial charge on any atom is -0.340 e. The van der Waals surface area contributed by atoms with Gasteiger partial charge in [0.15, 0.2) is 5.82 Å². The molecule has 1 aliphatic heterocycles. The normalized spacial score (nSPS) is 16.7. The number of aromatic nitrogens is 2. The van der Waals surface area contributed by atoms with Gasteiger partial charge in [0.05, 0.1) is 0 Å². The number of amides is 2. The molecule has 0 saturated carbocycles. The molecular formula is C19H25N4O2P. The Morgan fingerprint density at radius 3 is 2.81 bits per heavy atom. The van der Waals surface area contributed by atoms with Gasteiger partial charge >= 0.3 is 0 Å². The quantitative estimate of drug-likeness (QED) is 0.543. The van der Waals surface area contributed by atoms with Crippen molar-refractivity contribution in [1.82, 2.24) is 19.4 Å². The lowest BCUT2D eigenvalue weighted by Crippen LogP contribution is -2.44. The molecule has 0 radical (unpaired) electrons. The van der Waals surface area contributed by atoms with Crippen LogP contribution in [0.5, 0.6) is 0 Å². The molecule has 2 unspecified atom stereocenters. The van der Waals surface area contributed by atoms with Crippen molar-refractivity contribution in [3.63, 3.8) is 0 Å². The number of imidazole rings is 1. The van der Waals surface area contributed by atoms with Gasteiger partial charge in [0, 0.05) is 45.1 Å². The van der Waals surface area contributed by atoms with Crippen molar-refractivity contribution < 1.29 is 9.59 Å². The van der Waals surface area contributed by atoms with Gasteiger partial charge in [0.25, 0.3) is 5.91 Å². The largest absolute Gasteiger partial charge is 0.340 e. The van der Waals surface area contributed by atoms with Crippen molar-refractivity contribution in [3.05, 3.63) is 48.0 Å². The van der Waals surface area contributed by atoms with Crippen molar-refractivity contribution in [2.24, 2.45) is 7.05 Å². The Morgan fingerprint density at radius 1 is 1.38 bits per heavy atom. The van der Waals surface area contributed by atoms with Crippen LogP contribution in [-0.2, 0) is 18.3 Å². The van der Waals surface area contributed by atoms with Crippen LogP contribution in [0.2, 0.25) is 0 Å². The van der Waals surface area contributed by atoms with Crippen LogP contribution in [0, 0.1) is 0 Å². The highest BCUT2D eigenvalue weighted by atomic mass is 31.0. The summed E-state index contributed by atoms with van der Waals surface area (Å²) in [6, 6.07) is 8.36. The van der Waals surface area contributed by atoms with Gasteiger partial charge in [-0.3, -0.25) is 9.59 Å². The summed E-state index contributed by atoms with van der Waals surface area (Å²) in [6.45, 7) is 1.92. The highest BCUT2D eigenvalue weighted by molar-refractivity contribution is 7.27. The number of likely N-dealkylation sites (tertiary alicyclic amines) is 1. The third kappa shape index (κ3) is 4.31. The number of benzene rings is 1. The molecule has 2 heterocycles. The Morgan fingerprint density at radius 2 is 2.15 bits per heavy atom. The molecule has 7 heteroatoms. The maximum absolute atomic E-state index is 13.0. The van der Waals surface area contributed by atoms with Crippen molar-refractivity contribution in [1.29, 1.82) is 0 Å². The van der Waals surface area contributed by atoms with Crippen molar-refractivity contribution in [2.75, 3.05) is 19.6 Å². The first-order chi connectivity index (χ1) is 12.6. The summed E-state index contributed by atoms with van der Waals surface area (Å²) in [6.07, 6.45) is 7.01. The predicted molar refractivity (Wildman–Crippen MR) is 104 cm³/mol. The van der Waals surface area contributed by atoms with Gasteiger partial charge in [0.1, 0.15) is 0 Å². The topological polar surface area (TPSA) is 58.4 Å². The molecule has 2 atom stereocenters. The van der Waals surface area contributed by atoms with Gasteiger partial charge in [-0.25, -0.2) is 4.98 Å². The number of nitrogens with zero attached hydrogens (tertiary/aromatic N) is 4. The fraction of sp³-hybridized carbons (Fsp3) is 0.421. The molecule has 2 aromatic rings. The minimum atomic E-state index is -0.0853. The molecular weight excluding hydrogens is 347 g/mol. The fourth-order valence-electron chi connectivity index (χ4n) is 3.38. The monoisotopic (exact) mass is 372 g/mol.